The predicted octanol–water partition coefficient (Wildman–Crippen LogP) is 5.85. The molecular formula is C20H32Cl2O4. The molecule has 0 aromatic rings. The van der Waals surface area contributed by atoms with E-state index in [-0.39, 0.29) is 18.7 Å². The van der Waals surface area contributed by atoms with Crippen LogP contribution in [-0.4, -0.2) is 37.5 Å². The van der Waals surface area contributed by atoms with Gasteiger partial charge in [-0.3, -0.25) is 0 Å². The van der Waals surface area contributed by atoms with Gasteiger partial charge in [0.2, 0.25) is 0 Å². The molecule has 1 aliphatic carbocycles. The van der Waals surface area contributed by atoms with Crippen molar-refractivity contribution in [3.05, 3.63) is 10.1 Å². The summed E-state index contributed by atoms with van der Waals surface area (Å²) in [5, 5.41) is 1.18. The van der Waals surface area contributed by atoms with Crippen LogP contribution in [0.5, 0.6) is 0 Å². The molecule has 0 radical (unpaired) electrons. The van der Waals surface area contributed by atoms with Crippen LogP contribution in [0.4, 0.5) is 0 Å². The second-order valence-electron chi connectivity index (χ2n) is 7.65. The third-order valence-corrected chi connectivity index (χ3v) is 6.62. The van der Waals surface area contributed by atoms with E-state index in [1.165, 1.54) is 0 Å². The molecule has 0 N–H and O–H groups in total. The van der Waals surface area contributed by atoms with Crippen molar-refractivity contribution in [3.63, 3.8) is 0 Å². The standard InChI is InChI=1S/C20H32Cl2O4/c1-2-3-6-11-20(26-17-10-5-8-13-24-17)14-15(18(21)19(20)22)25-16-9-4-7-12-23-16/h15-17H,2-14H2,1H3. The summed E-state index contributed by atoms with van der Waals surface area (Å²) in [7, 11) is 0. The molecule has 26 heavy (non-hydrogen) atoms. The van der Waals surface area contributed by atoms with Crippen LogP contribution < -0.4 is 0 Å². The van der Waals surface area contributed by atoms with Gasteiger partial charge >= 0.3 is 0 Å². The quantitative estimate of drug-likeness (QED) is 0.473. The van der Waals surface area contributed by atoms with E-state index in [0.29, 0.717) is 16.5 Å². The molecule has 0 spiro atoms. The second-order valence-corrected chi connectivity index (χ2v) is 8.44. The van der Waals surface area contributed by atoms with Crippen LogP contribution in [0.2, 0.25) is 0 Å². The molecule has 0 saturated carbocycles. The van der Waals surface area contributed by atoms with Crippen molar-refractivity contribution in [2.45, 2.75) is 102 Å². The van der Waals surface area contributed by atoms with Gasteiger partial charge in [0.05, 0.1) is 10.1 Å². The van der Waals surface area contributed by atoms with Crippen LogP contribution in [0.15, 0.2) is 10.1 Å². The summed E-state index contributed by atoms with van der Waals surface area (Å²) in [5.41, 5.74) is -0.588. The lowest BCUT2D eigenvalue weighted by Crippen LogP contribution is -2.40. The highest BCUT2D eigenvalue weighted by Gasteiger charge is 2.48. The van der Waals surface area contributed by atoms with E-state index in [9.17, 15) is 0 Å². The van der Waals surface area contributed by atoms with Gasteiger partial charge in [0.15, 0.2) is 12.6 Å². The van der Waals surface area contributed by atoms with Crippen molar-refractivity contribution in [2.75, 3.05) is 13.2 Å². The highest BCUT2D eigenvalue weighted by molar-refractivity contribution is 6.40. The molecule has 4 unspecified atom stereocenters. The number of unbranched alkanes of at least 4 members (excludes halogenated alkanes) is 2. The van der Waals surface area contributed by atoms with E-state index in [4.69, 9.17) is 42.1 Å². The Hall–Kier alpha value is 0.160. The number of halogens is 2. The first-order valence-electron chi connectivity index (χ1n) is 10.3. The van der Waals surface area contributed by atoms with Crippen molar-refractivity contribution in [1.29, 1.82) is 0 Å². The largest absolute Gasteiger partial charge is 0.353 e. The first kappa shape index (κ1) is 20.9. The summed E-state index contributed by atoms with van der Waals surface area (Å²) in [5.74, 6) is 0. The summed E-state index contributed by atoms with van der Waals surface area (Å²) >= 11 is 13.4. The van der Waals surface area contributed by atoms with E-state index in [1.807, 2.05) is 0 Å². The minimum Gasteiger partial charge on any atom is -0.353 e. The van der Waals surface area contributed by atoms with Gasteiger partial charge in [0, 0.05) is 19.6 Å². The highest BCUT2D eigenvalue weighted by atomic mass is 35.5. The van der Waals surface area contributed by atoms with Gasteiger partial charge in [-0.15, -0.1) is 0 Å². The number of ether oxygens (including phenoxy) is 4. The number of hydrogen-bond acceptors (Lipinski definition) is 4. The van der Waals surface area contributed by atoms with Crippen molar-refractivity contribution in [3.8, 4) is 0 Å². The summed E-state index contributed by atoms with van der Waals surface area (Å²) in [4.78, 5) is 0. The van der Waals surface area contributed by atoms with E-state index >= 15 is 0 Å². The zero-order valence-corrected chi connectivity index (χ0v) is 17.3. The van der Waals surface area contributed by atoms with Crippen LogP contribution in [0.3, 0.4) is 0 Å². The van der Waals surface area contributed by atoms with Crippen molar-refractivity contribution >= 4 is 23.2 Å². The molecule has 2 fully saturated rings. The third kappa shape index (κ3) is 5.15. The van der Waals surface area contributed by atoms with Crippen LogP contribution in [0.25, 0.3) is 0 Å². The normalized spacial score (nSPS) is 35.9. The molecule has 4 nitrogen and oxygen atoms in total. The lowest BCUT2D eigenvalue weighted by atomic mass is 9.94. The molecule has 0 aromatic carbocycles. The second kappa shape index (κ2) is 10.1. The number of hydrogen-bond donors (Lipinski definition) is 0. The Morgan fingerprint density at radius 2 is 1.69 bits per heavy atom. The van der Waals surface area contributed by atoms with Crippen LogP contribution in [0, 0.1) is 0 Å². The van der Waals surface area contributed by atoms with Crippen molar-refractivity contribution < 1.29 is 18.9 Å². The molecule has 3 aliphatic rings. The van der Waals surface area contributed by atoms with E-state index in [0.717, 1.165) is 77.4 Å². The first-order chi connectivity index (χ1) is 12.6. The topological polar surface area (TPSA) is 36.9 Å². The Morgan fingerprint density at radius 1 is 1.00 bits per heavy atom. The van der Waals surface area contributed by atoms with Crippen LogP contribution in [0.1, 0.15) is 77.6 Å². The van der Waals surface area contributed by atoms with Gasteiger partial charge < -0.3 is 18.9 Å². The number of rotatable bonds is 8. The Kier molecular flexibility index (Phi) is 8.10. The molecule has 150 valence electrons. The fourth-order valence-corrected chi connectivity index (χ4v) is 4.67. The summed E-state index contributed by atoms with van der Waals surface area (Å²) < 4.78 is 24.2. The minimum atomic E-state index is -0.588. The van der Waals surface area contributed by atoms with Gasteiger partial charge in [-0.1, -0.05) is 49.4 Å². The smallest absolute Gasteiger partial charge is 0.158 e. The molecule has 0 bridgehead atoms. The fraction of sp³-hybridized carbons (Fsp3) is 0.900. The van der Waals surface area contributed by atoms with Gasteiger partial charge in [0.1, 0.15) is 11.7 Å². The molecule has 6 heteroatoms. The lowest BCUT2D eigenvalue weighted by Gasteiger charge is -2.36. The van der Waals surface area contributed by atoms with E-state index in [1.54, 1.807) is 0 Å². The summed E-state index contributed by atoms with van der Waals surface area (Å²) in [6.07, 6.45) is 10.5. The highest BCUT2D eigenvalue weighted by Crippen LogP contribution is 2.48. The van der Waals surface area contributed by atoms with Crippen molar-refractivity contribution in [1.82, 2.24) is 0 Å². The Morgan fingerprint density at radius 3 is 2.31 bits per heavy atom. The average Bonchev–Trinajstić information content (AvgIpc) is 2.89. The summed E-state index contributed by atoms with van der Waals surface area (Å²) in [6, 6.07) is 0. The molecule has 0 amide bonds. The van der Waals surface area contributed by atoms with E-state index < -0.39 is 5.60 Å². The van der Waals surface area contributed by atoms with Crippen molar-refractivity contribution in [2.24, 2.45) is 0 Å². The monoisotopic (exact) mass is 406 g/mol. The lowest BCUT2D eigenvalue weighted by molar-refractivity contribution is -0.226. The maximum atomic E-state index is 6.74. The predicted molar refractivity (Wildman–Crippen MR) is 103 cm³/mol. The third-order valence-electron chi connectivity index (χ3n) is 5.54. The molecule has 2 aliphatic heterocycles. The maximum absolute atomic E-state index is 6.74. The Labute approximate surface area is 167 Å². The zero-order chi connectivity index (χ0) is 18.4. The molecule has 4 atom stereocenters. The first-order valence-corrected chi connectivity index (χ1v) is 11.0. The molecule has 3 rings (SSSR count). The minimum absolute atomic E-state index is 0.190. The average molecular weight is 407 g/mol. The van der Waals surface area contributed by atoms with Gasteiger partial charge in [0.25, 0.3) is 0 Å². The molecule has 0 aromatic heterocycles. The van der Waals surface area contributed by atoms with Crippen LogP contribution >= 0.6 is 23.2 Å². The molecular weight excluding hydrogens is 375 g/mol. The Balaban J connectivity index is 1.69. The maximum Gasteiger partial charge on any atom is 0.158 e. The molecule has 2 saturated heterocycles. The molecule has 2 heterocycles. The van der Waals surface area contributed by atoms with Gasteiger partial charge in [-0.2, -0.15) is 0 Å². The SMILES string of the molecule is CCCCCC1(OC2CCCCO2)CC(OC2CCCCO2)C(Cl)=C1Cl. The zero-order valence-electron chi connectivity index (χ0n) is 15.8. The van der Waals surface area contributed by atoms with Crippen LogP contribution in [-0.2, 0) is 18.9 Å². The van der Waals surface area contributed by atoms with Gasteiger partial charge in [-0.25, -0.2) is 0 Å². The van der Waals surface area contributed by atoms with Gasteiger partial charge in [-0.05, 0) is 44.9 Å². The van der Waals surface area contributed by atoms with E-state index in [2.05, 4.69) is 6.92 Å². The summed E-state index contributed by atoms with van der Waals surface area (Å²) in [6.45, 7) is 3.70. The fourth-order valence-electron chi connectivity index (χ4n) is 4.03. The Bertz CT molecular complexity index is 472.